The molecule has 5 nitrogen and oxygen atoms in total. The van der Waals surface area contributed by atoms with Crippen LogP contribution < -0.4 is 4.72 Å². The van der Waals surface area contributed by atoms with Gasteiger partial charge in [0.05, 0.1) is 5.25 Å². The van der Waals surface area contributed by atoms with E-state index in [9.17, 15) is 18.3 Å². The van der Waals surface area contributed by atoms with Crippen LogP contribution in [-0.2, 0) is 22.9 Å². The van der Waals surface area contributed by atoms with Crippen LogP contribution in [0.4, 0.5) is 0 Å². The number of carbonyl (C=O) groups excluding carboxylic acids is 1. The van der Waals surface area contributed by atoms with E-state index in [0.717, 1.165) is 33.0 Å². The predicted octanol–water partition coefficient (Wildman–Crippen LogP) is 4.62. The number of nitrogens with one attached hydrogen (secondary N) is 1. The Morgan fingerprint density at radius 3 is 2.17 bits per heavy atom. The first kappa shape index (κ1) is 24.4. The van der Waals surface area contributed by atoms with Gasteiger partial charge in [-0.15, -0.1) is 0 Å². The number of aryl methyl sites for hydroxylation is 1. The molecule has 0 bridgehead atoms. The number of benzene rings is 4. The number of aliphatic hydroxyl groups excluding tert-OH is 1. The van der Waals surface area contributed by atoms with E-state index >= 15 is 0 Å². The van der Waals surface area contributed by atoms with E-state index in [1.165, 1.54) is 0 Å². The second-order valence-corrected chi connectivity index (χ2v) is 11.4. The molecular formula is C30H29NO4S. The van der Waals surface area contributed by atoms with E-state index < -0.39 is 21.9 Å². The summed E-state index contributed by atoms with van der Waals surface area (Å²) >= 11 is 0. The summed E-state index contributed by atoms with van der Waals surface area (Å²) in [7, 11) is -3.59. The van der Waals surface area contributed by atoms with E-state index in [4.69, 9.17) is 0 Å². The summed E-state index contributed by atoms with van der Waals surface area (Å²) in [6.45, 7) is -0.272. The number of hydrogen-bond acceptors (Lipinski definition) is 4. The van der Waals surface area contributed by atoms with Gasteiger partial charge in [0.25, 0.3) is 0 Å². The van der Waals surface area contributed by atoms with Crippen LogP contribution in [0.25, 0.3) is 10.8 Å². The van der Waals surface area contributed by atoms with Gasteiger partial charge in [-0.3, -0.25) is 4.79 Å². The lowest BCUT2D eigenvalue weighted by Crippen LogP contribution is -2.39. The lowest BCUT2D eigenvalue weighted by atomic mass is 9.86. The standard InChI is InChI=1S/C30H29NO4S/c32-20-30(33)27-13-7-12-25-26(27)17-15-23-14-16-24(18-28(23)25)36(34,35)31-19-29(21-8-3-1-4-9-21)22-10-5-2-6-11-22/h1-13,15,17,24,29,31-32H,14,16,18-20H2. The minimum absolute atomic E-state index is 0.0917. The van der Waals surface area contributed by atoms with Crippen molar-refractivity contribution >= 4 is 26.6 Å². The van der Waals surface area contributed by atoms with E-state index in [-0.39, 0.29) is 18.2 Å². The number of rotatable bonds is 8. The van der Waals surface area contributed by atoms with Crippen molar-refractivity contribution in [1.82, 2.24) is 4.72 Å². The monoisotopic (exact) mass is 499 g/mol. The molecule has 1 aliphatic rings. The van der Waals surface area contributed by atoms with E-state index in [1.54, 1.807) is 12.1 Å². The molecule has 0 saturated carbocycles. The first-order valence-electron chi connectivity index (χ1n) is 12.2. The van der Waals surface area contributed by atoms with Crippen molar-refractivity contribution in [3.8, 4) is 0 Å². The number of ketones is 1. The summed E-state index contributed by atoms with van der Waals surface area (Å²) in [6, 6.07) is 29.3. The molecule has 4 aromatic rings. The fourth-order valence-electron chi connectivity index (χ4n) is 5.30. The average Bonchev–Trinajstić information content (AvgIpc) is 2.93. The molecule has 0 spiro atoms. The Labute approximate surface area is 211 Å². The number of aliphatic hydroxyl groups is 1. The molecule has 1 aliphatic carbocycles. The summed E-state index contributed by atoms with van der Waals surface area (Å²) < 4.78 is 30.0. The van der Waals surface area contributed by atoms with Crippen molar-refractivity contribution in [1.29, 1.82) is 0 Å². The fourth-order valence-corrected chi connectivity index (χ4v) is 6.75. The third-order valence-electron chi connectivity index (χ3n) is 7.21. The molecule has 2 N–H and O–H groups in total. The lowest BCUT2D eigenvalue weighted by Gasteiger charge is -2.27. The Morgan fingerprint density at radius 2 is 1.53 bits per heavy atom. The second-order valence-electron chi connectivity index (χ2n) is 9.32. The van der Waals surface area contributed by atoms with Gasteiger partial charge in [-0.05, 0) is 52.3 Å². The van der Waals surface area contributed by atoms with E-state index in [2.05, 4.69) is 4.72 Å². The Balaban J connectivity index is 1.41. The van der Waals surface area contributed by atoms with Crippen LogP contribution in [0, 0.1) is 0 Å². The normalized spacial score (nSPS) is 15.7. The van der Waals surface area contributed by atoms with Crippen LogP contribution in [0.15, 0.2) is 91.0 Å². The van der Waals surface area contributed by atoms with Gasteiger partial charge in [-0.25, -0.2) is 13.1 Å². The number of hydrogen-bond donors (Lipinski definition) is 2. The first-order valence-corrected chi connectivity index (χ1v) is 13.8. The van der Waals surface area contributed by atoms with Crippen LogP contribution in [-0.4, -0.2) is 37.7 Å². The molecule has 0 radical (unpaired) electrons. The predicted molar refractivity (Wildman–Crippen MR) is 143 cm³/mol. The zero-order chi connectivity index (χ0) is 25.1. The summed E-state index contributed by atoms with van der Waals surface area (Å²) in [5.74, 6) is -0.430. The van der Waals surface area contributed by atoms with Gasteiger partial charge in [0.15, 0.2) is 5.78 Å². The molecule has 1 atom stereocenters. The molecule has 4 aromatic carbocycles. The molecular weight excluding hydrogens is 470 g/mol. The molecule has 0 aliphatic heterocycles. The highest BCUT2D eigenvalue weighted by Gasteiger charge is 2.31. The Kier molecular flexibility index (Phi) is 7.01. The summed E-state index contributed by atoms with van der Waals surface area (Å²) in [4.78, 5) is 12.2. The second kappa shape index (κ2) is 10.3. The maximum absolute atomic E-state index is 13.5. The quantitative estimate of drug-likeness (QED) is 0.347. The van der Waals surface area contributed by atoms with Crippen LogP contribution in [0.5, 0.6) is 0 Å². The highest BCUT2D eigenvalue weighted by Crippen LogP contribution is 2.33. The summed E-state index contributed by atoms with van der Waals surface area (Å²) in [6.07, 6.45) is 1.60. The van der Waals surface area contributed by atoms with Crippen molar-refractivity contribution in [2.24, 2.45) is 0 Å². The molecule has 0 fully saturated rings. The van der Waals surface area contributed by atoms with Gasteiger partial charge in [0.2, 0.25) is 10.0 Å². The minimum atomic E-state index is -3.59. The fraction of sp³-hybridized carbons (Fsp3) is 0.233. The van der Waals surface area contributed by atoms with Crippen LogP contribution in [0.3, 0.4) is 0 Å². The Hall–Kier alpha value is -3.32. The van der Waals surface area contributed by atoms with Crippen LogP contribution in [0.1, 0.15) is 45.0 Å². The van der Waals surface area contributed by atoms with Gasteiger partial charge in [-0.1, -0.05) is 91.0 Å². The number of fused-ring (bicyclic) bond motifs is 3. The Bertz CT molecular complexity index is 1440. The topological polar surface area (TPSA) is 83.5 Å². The van der Waals surface area contributed by atoms with Crippen molar-refractivity contribution in [2.75, 3.05) is 13.2 Å². The molecule has 0 aromatic heterocycles. The summed E-state index contributed by atoms with van der Waals surface area (Å²) in [5, 5.41) is 10.5. The van der Waals surface area contributed by atoms with Crippen molar-refractivity contribution in [3.63, 3.8) is 0 Å². The summed E-state index contributed by atoms with van der Waals surface area (Å²) in [5.41, 5.74) is 4.69. The van der Waals surface area contributed by atoms with Gasteiger partial charge >= 0.3 is 0 Å². The molecule has 5 rings (SSSR count). The number of Topliss-reactive ketones (excluding diaryl/α,β-unsaturated/α-hetero) is 1. The van der Waals surface area contributed by atoms with Crippen LogP contribution in [0.2, 0.25) is 0 Å². The van der Waals surface area contributed by atoms with E-state index in [1.807, 2.05) is 78.9 Å². The van der Waals surface area contributed by atoms with Crippen molar-refractivity contribution in [2.45, 2.75) is 30.4 Å². The highest BCUT2D eigenvalue weighted by molar-refractivity contribution is 7.90. The zero-order valence-corrected chi connectivity index (χ0v) is 20.7. The smallest absolute Gasteiger partial charge is 0.214 e. The number of sulfonamides is 1. The third-order valence-corrected chi connectivity index (χ3v) is 9.06. The largest absolute Gasteiger partial charge is 0.388 e. The van der Waals surface area contributed by atoms with Gasteiger partial charge in [0.1, 0.15) is 6.61 Å². The molecule has 0 saturated heterocycles. The Morgan fingerprint density at radius 1 is 0.861 bits per heavy atom. The zero-order valence-electron chi connectivity index (χ0n) is 19.9. The SMILES string of the molecule is O=C(CO)c1cccc2c3c(ccc12)CCC(S(=O)(=O)NCC(c1ccccc1)c1ccccc1)C3. The highest BCUT2D eigenvalue weighted by atomic mass is 32.2. The minimum Gasteiger partial charge on any atom is -0.388 e. The van der Waals surface area contributed by atoms with Crippen molar-refractivity contribution < 1.29 is 18.3 Å². The molecule has 0 amide bonds. The third kappa shape index (κ3) is 4.85. The van der Waals surface area contributed by atoms with E-state index in [0.29, 0.717) is 24.8 Å². The van der Waals surface area contributed by atoms with Gasteiger partial charge in [0, 0.05) is 18.0 Å². The van der Waals surface area contributed by atoms with Gasteiger partial charge < -0.3 is 5.11 Å². The van der Waals surface area contributed by atoms with Crippen LogP contribution >= 0.6 is 0 Å². The number of carbonyl (C=O) groups is 1. The lowest BCUT2D eigenvalue weighted by molar-refractivity contribution is 0.0905. The molecule has 184 valence electrons. The molecule has 36 heavy (non-hydrogen) atoms. The molecule has 6 heteroatoms. The maximum Gasteiger partial charge on any atom is 0.214 e. The maximum atomic E-state index is 13.5. The average molecular weight is 500 g/mol. The van der Waals surface area contributed by atoms with Crippen molar-refractivity contribution in [3.05, 3.63) is 119 Å². The first-order chi connectivity index (χ1) is 17.5. The van der Waals surface area contributed by atoms with Gasteiger partial charge in [-0.2, -0.15) is 0 Å². The molecule has 1 unspecified atom stereocenters. The molecule has 0 heterocycles.